The summed E-state index contributed by atoms with van der Waals surface area (Å²) < 4.78 is 4.82. The van der Waals surface area contributed by atoms with Gasteiger partial charge in [0.1, 0.15) is 0 Å². The average molecular weight is 251 g/mol. The molecular weight excluding hydrogens is 234 g/mol. The molecule has 0 spiro atoms. The lowest BCUT2D eigenvalue weighted by atomic mass is 10.2. The van der Waals surface area contributed by atoms with Gasteiger partial charge in [-0.2, -0.15) is 0 Å². The van der Waals surface area contributed by atoms with Crippen molar-refractivity contribution in [2.45, 2.75) is 6.92 Å². The van der Waals surface area contributed by atoms with E-state index in [1.807, 2.05) is 0 Å². The van der Waals surface area contributed by atoms with Gasteiger partial charge in [-0.3, -0.25) is 4.79 Å². The molecule has 1 rings (SSSR count). The molecule has 0 aliphatic carbocycles. The van der Waals surface area contributed by atoms with Crippen molar-refractivity contribution in [2.24, 2.45) is 0 Å². The predicted molar refractivity (Wildman–Crippen MR) is 69.3 cm³/mol. The van der Waals surface area contributed by atoms with Gasteiger partial charge >= 0.3 is 6.03 Å². The summed E-state index contributed by atoms with van der Waals surface area (Å²) in [6.07, 6.45) is 0. The first kappa shape index (κ1) is 14.0. The second kappa shape index (κ2) is 6.61. The number of nitrogens with one attached hydrogen (secondary N) is 1. The van der Waals surface area contributed by atoms with Gasteiger partial charge in [0.15, 0.2) is 0 Å². The first-order chi connectivity index (χ1) is 8.56. The second-order valence-corrected chi connectivity index (χ2v) is 3.67. The molecule has 0 saturated heterocycles. The van der Waals surface area contributed by atoms with E-state index in [-0.39, 0.29) is 5.91 Å². The van der Waals surface area contributed by atoms with E-state index in [0.717, 1.165) is 4.90 Å². The third kappa shape index (κ3) is 3.74. The summed E-state index contributed by atoms with van der Waals surface area (Å²) in [7, 11) is 1.53. The zero-order chi connectivity index (χ0) is 13.5. The number of imide groups is 1. The summed E-state index contributed by atoms with van der Waals surface area (Å²) in [6, 6.07) is 6.09. The molecule has 3 N–H and O–H groups in total. The van der Waals surface area contributed by atoms with E-state index in [1.165, 1.54) is 14.0 Å². The lowest BCUT2D eigenvalue weighted by Gasteiger charge is -2.20. The van der Waals surface area contributed by atoms with E-state index in [2.05, 4.69) is 5.32 Å². The number of nitrogens with zero attached hydrogens (tertiary/aromatic N) is 1. The van der Waals surface area contributed by atoms with Gasteiger partial charge in [-0.1, -0.05) is 6.07 Å². The molecule has 0 unspecified atom stereocenters. The minimum absolute atomic E-state index is 0.335. The van der Waals surface area contributed by atoms with Crippen LogP contribution in [-0.4, -0.2) is 32.2 Å². The van der Waals surface area contributed by atoms with Crippen molar-refractivity contribution >= 4 is 23.3 Å². The monoisotopic (exact) mass is 251 g/mol. The van der Waals surface area contributed by atoms with Crippen molar-refractivity contribution < 1.29 is 14.3 Å². The number of nitrogen functional groups attached to an aromatic ring is 1. The molecule has 1 aromatic rings. The molecule has 18 heavy (non-hydrogen) atoms. The Morgan fingerprint density at radius 1 is 1.44 bits per heavy atom. The van der Waals surface area contributed by atoms with E-state index in [1.54, 1.807) is 24.3 Å². The van der Waals surface area contributed by atoms with Crippen molar-refractivity contribution in [3.05, 3.63) is 24.3 Å². The molecule has 3 amide bonds. The number of carbonyl (C=O) groups is 2. The van der Waals surface area contributed by atoms with Crippen LogP contribution in [-0.2, 0) is 9.53 Å². The molecule has 0 bridgehead atoms. The van der Waals surface area contributed by atoms with Crippen LogP contribution in [0.25, 0.3) is 0 Å². The second-order valence-electron chi connectivity index (χ2n) is 3.67. The first-order valence-corrected chi connectivity index (χ1v) is 5.49. The Morgan fingerprint density at radius 2 is 2.17 bits per heavy atom. The Balaban J connectivity index is 2.83. The first-order valence-electron chi connectivity index (χ1n) is 5.49. The van der Waals surface area contributed by atoms with E-state index in [0.29, 0.717) is 24.5 Å². The molecule has 1 aromatic carbocycles. The van der Waals surface area contributed by atoms with Crippen LogP contribution < -0.4 is 16.0 Å². The predicted octanol–water partition coefficient (Wildman–Crippen LogP) is 0.978. The van der Waals surface area contributed by atoms with Gasteiger partial charge in [0.05, 0.1) is 12.3 Å². The normalized spacial score (nSPS) is 9.89. The van der Waals surface area contributed by atoms with Crippen LogP contribution in [0.3, 0.4) is 0 Å². The highest BCUT2D eigenvalue weighted by Crippen LogP contribution is 2.17. The zero-order valence-corrected chi connectivity index (χ0v) is 10.5. The van der Waals surface area contributed by atoms with Gasteiger partial charge in [0.2, 0.25) is 5.91 Å². The fourth-order valence-corrected chi connectivity index (χ4v) is 1.45. The summed E-state index contributed by atoms with van der Waals surface area (Å²) in [4.78, 5) is 24.4. The highest BCUT2D eigenvalue weighted by atomic mass is 16.5. The lowest BCUT2D eigenvalue weighted by molar-refractivity contribution is -0.115. The quantitative estimate of drug-likeness (QED) is 0.617. The Bertz CT molecular complexity index is 434. The maximum atomic E-state index is 11.9. The lowest BCUT2D eigenvalue weighted by Crippen LogP contribution is -2.44. The molecule has 0 aliphatic rings. The third-order valence-electron chi connectivity index (χ3n) is 2.23. The maximum absolute atomic E-state index is 11.9. The molecule has 0 aromatic heterocycles. The molecule has 98 valence electrons. The van der Waals surface area contributed by atoms with Crippen LogP contribution in [0, 0.1) is 0 Å². The number of methoxy groups -OCH3 is 1. The Labute approximate surface area is 106 Å². The number of amides is 3. The zero-order valence-electron chi connectivity index (χ0n) is 10.5. The highest BCUT2D eigenvalue weighted by Gasteiger charge is 2.19. The van der Waals surface area contributed by atoms with Gasteiger partial charge in [-0.25, -0.2) is 9.69 Å². The molecule has 6 nitrogen and oxygen atoms in total. The molecule has 0 saturated carbocycles. The van der Waals surface area contributed by atoms with Crippen molar-refractivity contribution in [2.75, 3.05) is 30.9 Å². The number of rotatable bonds is 4. The number of hydrogen-bond donors (Lipinski definition) is 2. The number of carbonyl (C=O) groups excluding carboxylic acids is 2. The van der Waals surface area contributed by atoms with Crippen LogP contribution in [0.5, 0.6) is 0 Å². The average Bonchev–Trinajstić information content (AvgIpc) is 2.29. The van der Waals surface area contributed by atoms with Crippen LogP contribution in [0.4, 0.5) is 16.2 Å². The summed E-state index contributed by atoms with van der Waals surface area (Å²) in [5.74, 6) is -0.379. The van der Waals surface area contributed by atoms with Crippen LogP contribution in [0.1, 0.15) is 6.92 Å². The van der Waals surface area contributed by atoms with Crippen LogP contribution >= 0.6 is 0 Å². The number of nitrogens with two attached hydrogens (primary N) is 1. The van der Waals surface area contributed by atoms with Gasteiger partial charge < -0.3 is 15.8 Å². The van der Waals surface area contributed by atoms with Gasteiger partial charge in [-0.15, -0.1) is 0 Å². The van der Waals surface area contributed by atoms with Crippen molar-refractivity contribution in [3.8, 4) is 0 Å². The largest absolute Gasteiger partial charge is 0.399 e. The minimum atomic E-state index is -0.495. The van der Waals surface area contributed by atoms with E-state index in [4.69, 9.17) is 10.5 Å². The van der Waals surface area contributed by atoms with Crippen molar-refractivity contribution in [1.82, 2.24) is 5.32 Å². The van der Waals surface area contributed by atoms with Gasteiger partial charge in [0, 0.05) is 26.3 Å². The maximum Gasteiger partial charge on any atom is 0.328 e. The van der Waals surface area contributed by atoms with Crippen molar-refractivity contribution in [3.63, 3.8) is 0 Å². The van der Waals surface area contributed by atoms with Crippen molar-refractivity contribution in [1.29, 1.82) is 0 Å². The van der Waals surface area contributed by atoms with Crippen LogP contribution in [0.15, 0.2) is 24.3 Å². The summed E-state index contributed by atoms with van der Waals surface area (Å²) in [5.41, 5.74) is 6.56. The molecule has 0 radical (unpaired) electrons. The SMILES string of the molecule is COCCNC(=O)N(C(C)=O)c1cccc(N)c1. The Hall–Kier alpha value is -2.08. The topological polar surface area (TPSA) is 84.7 Å². The molecule has 0 heterocycles. The van der Waals surface area contributed by atoms with Crippen LogP contribution in [0.2, 0.25) is 0 Å². The van der Waals surface area contributed by atoms with Gasteiger partial charge in [0.25, 0.3) is 0 Å². The number of urea groups is 1. The minimum Gasteiger partial charge on any atom is -0.399 e. The number of hydrogen-bond acceptors (Lipinski definition) is 4. The molecule has 0 fully saturated rings. The van der Waals surface area contributed by atoms with E-state index < -0.39 is 6.03 Å². The highest BCUT2D eigenvalue weighted by molar-refractivity contribution is 6.13. The third-order valence-corrected chi connectivity index (χ3v) is 2.23. The number of anilines is 2. The fraction of sp³-hybridized carbons (Fsp3) is 0.333. The van der Waals surface area contributed by atoms with E-state index >= 15 is 0 Å². The number of ether oxygens (including phenoxy) is 1. The molecule has 0 aliphatic heterocycles. The summed E-state index contributed by atoms with van der Waals surface area (Å²) in [5, 5.41) is 2.58. The molecular formula is C12H17N3O3. The van der Waals surface area contributed by atoms with E-state index in [9.17, 15) is 9.59 Å². The summed E-state index contributed by atoms with van der Waals surface area (Å²) >= 11 is 0. The molecule has 0 atom stereocenters. The fourth-order valence-electron chi connectivity index (χ4n) is 1.45. The smallest absolute Gasteiger partial charge is 0.328 e. The Morgan fingerprint density at radius 3 is 2.72 bits per heavy atom. The standard InChI is InChI=1S/C12H17N3O3/c1-9(16)15(12(17)14-6-7-18-2)11-5-3-4-10(13)8-11/h3-5,8H,6-7,13H2,1-2H3,(H,14,17). The molecule has 6 heteroatoms. The summed E-state index contributed by atoms with van der Waals surface area (Å²) in [6.45, 7) is 2.04. The van der Waals surface area contributed by atoms with Gasteiger partial charge in [-0.05, 0) is 18.2 Å². The Kier molecular flexibility index (Phi) is 5.13. The number of benzene rings is 1.